The van der Waals surface area contributed by atoms with Gasteiger partial charge in [-0.05, 0) is 42.1 Å². The van der Waals surface area contributed by atoms with Gasteiger partial charge in [-0.25, -0.2) is 9.78 Å². The third-order valence-corrected chi connectivity index (χ3v) is 3.70. The fraction of sp³-hybridized carbons (Fsp3) is 0.0769. The third-order valence-electron chi connectivity index (χ3n) is 2.69. The summed E-state index contributed by atoms with van der Waals surface area (Å²) in [4.78, 5) is 16.2. The summed E-state index contributed by atoms with van der Waals surface area (Å²) in [7, 11) is 0. The van der Waals surface area contributed by atoms with Gasteiger partial charge in [0.15, 0.2) is 5.58 Å². The van der Waals surface area contributed by atoms with Crippen molar-refractivity contribution in [1.82, 2.24) is 4.98 Å². The predicted octanol–water partition coefficient (Wildman–Crippen LogP) is 3.56. The van der Waals surface area contributed by atoms with Crippen molar-refractivity contribution in [2.24, 2.45) is 0 Å². The number of aryl methyl sites for hydroxylation is 1. The van der Waals surface area contributed by atoms with Gasteiger partial charge in [0.05, 0.1) is 10.4 Å². The summed E-state index contributed by atoms with van der Waals surface area (Å²) in [5.41, 5.74) is 2.48. The van der Waals surface area contributed by atoms with Gasteiger partial charge in [-0.15, -0.1) is 11.3 Å². The van der Waals surface area contributed by atoms with Gasteiger partial charge in [0.1, 0.15) is 5.52 Å². The molecule has 3 rings (SSSR count). The first kappa shape index (κ1) is 11.0. The van der Waals surface area contributed by atoms with E-state index in [0.29, 0.717) is 17.0 Å². The first-order valence-corrected chi connectivity index (χ1v) is 6.21. The molecule has 0 unspecified atom stereocenters. The summed E-state index contributed by atoms with van der Waals surface area (Å²) in [6.07, 6.45) is 0. The molecule has 2 heterocycles. The molecule has 0 amide bonds. The van der Waals surface area contributed by atoms with Crippen LogP contribution in [0.1, 0.15) is 15.9 Å². The molecule has 0 aliphatic heterocycles. The Bertz CT molecular complexity index is 742. The summed E-state index contributed by atoms with van der Waals surface area (Å²) in [6.45, 7) is 1.99. The second kappa shape index (κ2) is 3.96. The maximum absolute atomic E-state index is 10.9. The SMILES string of the molecule is Cc1ccsc1-c1nc2cc(C(=O)O)ccc2o1. The molecule has 5 heteroatoms. The van der Waals surface area contributed by atoms with Gasteiger partial charge >= 0.3 is 5.97 Å². The summed E-state index contributed by atoms with van der Waals surface area (Å²) >= 11 is 1.56. The minimum atomic E-state index is -0.964. The molecule has 18 heavy (non-hydrogen) atoms. The number of aromatic nitrogens is 1. The Kier molecular flexibility index (Phi) is 2.41. The van der Waals surface area contributed by atoms with Crippen molar-refractivity contribution in [2.45, 2.75) is 6.92 Å². The highest BCUT2D eigenvalue weighted by molar-refractivity contribution is 7.13. The van der Waals surface area contributed by atoms with E-state index < -0.39 is 5.97 Å². The minimum Gasteiger partial charge on any atom is -0.478 e. The van der Waals surface area contributed by atoms with E-state index in [1.54, 1.807) is 17.4 Å². The first-order chi connectivity index (χ1) is 8.65. The maximum atomic E-state index is 10.9. The van der Waals surface area contributed by atoms with Gasteiger partial charge in [0.2, 0.25) is 5.89 Å². The van der Waals surface area contributed by atoms with E-state index in [1.165, 1.54) is 12.1 Å². The van der Waals surface area contributed by atoms with Gasteiger partial charge in [-0.2, -0.15) is 0 Å². The Morgan fingerprint density at radius 3 is 2.89 bits per heavy atom. The number of nitrogens with zero attached hydrogens (tertiary/aromatic N) is 1. The van der Waals surface area contributed by atoms with Crippen LogP contribution in [0.3, 0.4) is 0 Å². The molecule has 0 saturated carbocycles. The van der Waals surface area contributed by atoms with Crippen molar-refractivity contribution in [3.63, 3.8) is 0 Å². The molecule has 0 saturated heterocycles. The second-order valence-electron chi connectivity index (χ2n) is 3.94. The van der Waals surface area contributed by atoms with Crippen LogP contribution >= 0.6 is 11.3 Å². The second-order valence-corrected chi connectivity index (χ2v) is 4.86. The quantitative estimate of drug-likeness (QED) is 0.764. The van der Waals surface area contributed by atoms with Crippen molar-refractivity contribution in [3.05, 3.63) is 40.8 Å². The van der Waals surface area contributed by atoms with Gasteiger partial charge < -0.3 is 9.52 Å². The van der Waals surface area contributed by atoms with E-state index in [0.717, 1.165) is 10.4 Å². The molecule has 0 fully saturated rings. The highest BCUT2D eigenvalue weighted by atomic mass is 32.1. The molecular formula is C13H9NO3S. The molecule has 1 aromatic carbocycles. The normalized spacial score (nSPS) is 10.9. The summed E-state index contributed by atoms with van der Waals surface area (Å²) in [6, 6.07) is 6.67. The molecule has 0 aliphatic rings. The number of benzene rings is 1. The van der Waals surface area contributed by atoms with Crippen molar-refractivity contribution in [3.8, 4) is 10.8 Å². The Morgan fingerprint density at radius 2 is 2.22 bits per heavy atom. The Labute approximate surface area is 107 Å². The fourth-order valence-corrected chi connectivity index (χ4v) is 2.60. The van der Waals surface area contributed by atoms with Gasteiger partial charge in [-0.1, -0.05) is 0 Å². The zero-order valence-corrected chi connectivity index (χ0v) is 10.3. The highest BCUT2D eigenvalue weighted by Gasteiger charge is 2.13. The standard InChI is InChI=1S/C13H9NO3S/c1-7-4-5-18-11(7)12-14-9-6-8(13(15)16)2-3-10(9)17-12/h2-6H,1H3,(H,15,16). The lowest BCUT2D eigenvalue weighted by Gasteiger charge is -1.91. The van der Waals surface area contributed by atoms with Gasteiger partial charge in [-0.3, -0.25) is 0 Å². The molecule has 4 nitrogen and oxygen atoms in total. The van der Waals surface area contributed by atoms with Gasteiger partial charge in [0, 0.05) is 0 Å². The van der Waals surface area contributed by atoms with E-state index in [-0.39, 0.29) is 5.56 Å². The number of carboxylic acids is 1. The molecule has 2 aromatic heterocycles. The van der Waals surface area contributed by atoms with Crippen LogP contribution in [-0.4, -0.2) is 16.1 Å². The number of hydrogen-bond donors (Lipinski definition) is 1. The van der Waals surface area contributed by atoms with Crippen LogP contribution in [0.2, 0.25) is 0 Å². The zero-order valence-electron chi connectivity index (χ0n) is 9.51. The maximum Gasteiger partial charge on any atom is 0.335 e. The molecule has 3 aromatic rings. The number of hydrogen-bond acceptors (Lipinski definition) is 4. The number of rotatable bonds is 2. The zero-order chi connectivity index (χ0) is 12.7. The lowest BCUT2D eigenvalue weighted by Crippen LogP contribution is -1.94. The smallest absolute Gasteiger partial charge is 0.335 e. The van der Waals surface area contributed by atoms with Crippen LogP contribution in [-0.2, 0) is 0 Å². The van der Waals surface area contributed by atoms with Crippen molar-refractivity contribution >= 4 is 28.4 Å². The Hall–Kier alpha value is -2.14. The lowest BCUT2D eigenvalue weighted by atomic mass is 10.2. The fourth-order valence-electron chi connectivity index (χ4n) is 1.75. The number of fused-ring (bicyclic) bond motifs is 1. The molecule has 1 N–H and O–H groups in total. The average molecular weight is 259 g/mol. The average Bonchev–Trinajstić information content (AvgIpc) is 2.92. The third kappa shape index (κ3) is 1.69. The number of oxazole rings is 1. The molecule has 0 bridgehead atoms. The molecule has 0 radical (unpaired) electrons. The van der Waals surface area contributed by atoms with Crippen molar-refractivity contribution < 1.29 is 14.3 Å². The summed E-state index contributed by atoms with van der Waals surface area (Å²) in [5, 5.41) is 10.9. The minimum absolute atomic E-state index is 0.213. The summed E-state index contributed by atoms with van der Waals surface area (Å²) < 4.78 is 5.63. The van der Waals surface area contributed by atoms with Crippen LogP contribution in [0.5, 0.6) is 0 Å². The van der Waals surface area contributed by atoms with Crippen LogP contribution in [0.15, 0.2) is 34.1 Å². The monoisotopic (exact) mass is 259 g/mol. The predicted molar refractivity (Wildman–Crippen MR) is 69.0 cm³/mol. The van der Waals surface area contributed by atoms with Crippen molar-refractivity contribution in [1.29, 1.82) is 0 Å². The van der Waals surface area contributed by atoms with Crippen LogP contribution in [0, 0.1) is 6.92 Å². The van der Waals surface area contributed by atoms with E-state index in [1.807, 2.05) is 18.4 Å². The van der Waals surface area contributed by atoms with E-state index in [4.69, 9.17) is 9.52 Å². The van der Waals surface area contributed by atoms with Crippen LogP contribution in [0.25, 0.3) is 21.9 Å². The molecule has 0 aliphatic carbocycles. The van der Waals surface area contributed by atoms with Crippen LogP contribution < -0.4 is 0 Å². The first-order valence-electron chi connectivity index (χ1n) is 5.33. The number of carboxylic acid groups (broad SMARTS) is 1. The highest BCUT2D eigenvalue weighted by Crippen LogP contribution is 2.31. The lowest BCUT2D eigenvalue weighted by molar-refractivity contribution is 0.0697. The van der Waals surface area contributed by atoms with Crippen LogP contribution in [0.4, 0.5) is 0 Å². The van der Waals surface area contributed by atoms with E-state index >= 15 is 0 Å². The summed E-state index contributed by atoms with van der Waals surface area (Å²) in [5.74, 6) is -0.422. The molecule has 0 atom stereocenters. The van der Waals surface area contributed by atoms with Gasteiger partial charge in [0.25, 0.3) is 0 Å². The Balaban J connectivity index is 2.17. The molecule has 0 spiro atoms. The number of thiophene rings is 1. The Morgan fingerprint density at radius 1 is 1.39 bits per heavy atom. The topological polar surface area (TPSA) is 63.3 Å². The van der Waals surface area contributed by atoms with E-state index in [2.05, 4.69) is 4.98 Å². The van der Waals surface area contributed by atoms with E-state index in [9.17, 15) is 4.79 Å². The number of carbonyl (C=O) groups is 1. The molecule has 90 valence electrons. The molecular weight excluding hydrogens is 250 g/mol. The van der Waals surface area contributed by atoms with Crippen molar-refractivity contribution in [2.75, 3.05) is 0 Å². The largest absolute Gasteiger partial charge is 0.478 e. The number of aromatic carboxylic acids is 1.